The van der Waals surface area contributed by atoms with E-state index in [1.54, 1.807) is 13.0 Å². The first-order valence-corrected chi connectivity index (χ1v) is 6.66. The van der Waals surface area contributed by atoms with Gasteiger partial charge in [0.15, 0.2) is 0 Å². The number of nitrogens with one attached hydrogen (secondary N) is 2. The average molecular weight is 276 g/mol. The Morgan fingerprint density at radius 1 is 1.45 bits per heavy atom. The largest absolute Gasteiger partial charge is 0.472 e. The van der Waals surface area contributed by atoms with E-state index in [-0.39, 0.29) is 18.1 Å². The molecule has 1 aliphatic carbocycles. The maximum Gasteiger partial charge on any atom is 0.338 e. The van der Waals surface area contributed by atoms with Crippen LogP contribution in [-0.2, 0) is 9.53 Å². The molecule has 0 bridgehead atoms. The van der Waals surface area contributed by atoms with Crippen molar-refractivity contribution in [2.24, 2.45) is 0 Å². The second-order valence-electron chi connectivity index (χ2n) is 5.09. The molecule has 6 heteroatoms. The van der Waals surface area contributed by atoms with Gasteiger partial charge in [-0.15, -0.1) is 0 Å². The Morgan fingerprint density at radius 2 is 2.25 bits per heavy atom. The Morgan fingerprint density at radius 3 is 2.85 bits per heavy atom. The first-order chi connectivity index (χ1) is 9.65. The van der Waals surface area contributed by atoms with Crippen LogP contribution in [0.25, 0.3) is 0 Å². The molecule has 2 aliphatic rings. The molecule has 2 amide bonds. The molecular formula is C14H16N2O4. The maximum absolute atomic E-state index is 12.3. The van der Waals surface area contributed by atoms with Crippen molar-refractivity contribution in [1.82, 2.24) is 10.6 Å². The maximum atomic E-state index is 12.3. The quantitative estimate of drug-likeness (QED) is 0.827. The summed E-state index contributed by atoms with van der Waals surface area (Å²) in [5, 5.41) is 5.33. The predicted octanol–water partition coefficient (Wildman–Crippen LogP) is 2.00. The molecule has 1 aromatic heterocycles. The Balaban J connectivity index is 1.88. The highest BCUT2D eigenvalue weighted by Gasteiger charge is 2.34. The number of ether oxygens (including phenoxy) is 1. The molecule has 1 saturated carbocycles. The number of furan rings is 1. The highest BCUT2D eigenvalue weighted by molar-refractivity contribution is 5.95. The van der Waals surface area contributed by atoms with Gasteiger partial charge in [-0.2, -0.15) is 0 Å². The van der Waals surface area contributed by atoms with Gasteiger partial charge in [0.05, 0.1) is 24.1 Å². The zero-order valence-corrected chi connectivity index (χ0v) is 11.1. The molecule has 106 valence electrons. The summed E-state index contributed by atoms with van der Waals surface area (Å²) < 4.78 is 10.5. The van der Waals surface area contributed by atoms with E-state index in [0.717, 1.165) is 24.8 Å². The van der Waals surface area contributed by atoms with E-state index in [0.29, 0.717) is 11.3 Å². The minimum atomic E-state index is -0.532. The number of rotatable bonds is 3. The second kappa shape index (κ2) is 5.03. The third-order valence-electron chi connectivity index (χ3n) is 3.69. The van der Waals surface area contributed by atoms with Gasteiger partial charge >= 0.3 is 12.0 Å². The Kier molecular flexibility index (Phi) is 3.22. The molecular weight excluding hydrogens is 260 g/mol. The normalized spacial score (nSPS) is 22.9. The summed E-state index contributed by atoms with van der Waals surface area (Å²) in [7, 11) is 0. The zero-order chi connectivity index (χ0) is 14.1. The Labute approximate surface area is 116 Å². The van der Waals surface area contributed by atoms with Crippen LogP contribution in [-0.4, -0.2) is 18.1 Å². The summed E-state index contributed by atoms with van der Waals surface area (Å²) in [6, 6.07) is 0.851. The predicted molar refractivity (Wildman–Crippen MR) is 69.5 cm³/mol. The van der Waals surface area contributed by atoms with E-state index in [1.165, 1.54) is 12.5 Å². The zero-order valence-electron chi connectivity index (χ0n) is 11.1. The van der Waals surface area contributed by atoms with Crippen LogP contribution in [0, 0.1) is 0 Å². The molecule has 0 radical (unpaired) electrons. The fourth-order valence-corrected chi connectivity index (χ4v) is 2.36. The molecule has 1 aromatic rings. The van der Waals surface area contributed by atoms with Gasteiger partial charge < -0.3 is 19.8 Å². The van der Waals surface area contributed by atoms with Crippen molar-refractivity contribution in [3.63, 3.8) is 0 Å². The standard InChI is InChI=1S/C14H16N2O4/c1-8-11(13(17)20-10-3-2-4-10)12(16-14(18)15-8)9-5-6-19-7-9/h5-7,10,12H,2-4H2,1H3,(H2,15,16,18). The molecule has 3 rings (SSSR count). The third kappa shape index (κ3) is 2.29. The number of urea groups is 1. The van der Waals surface area contributed by atoms with Crippen LogP contribution in [0.1, 0.15) is 37.8 Å². The molecule has 2 heterocycles. The van der Waals surface area contributed by atoms with Crippen molar-refractivity contribution < 1.29 is 18.7 Å². The highest BCUT2D eigenvalue weighted by atomic mass is 16.5. The second-order valence-corrected chi connectivity index (χ2v) is 5.09. The van der Waals surface area contributed by atoms with Crippen LogP contribution in [0.2, 0.25) is 0 Å². The molecule has 0 saturated heterocycles. The Bertz CT molecular complexity index is 558. The first-order valence-electron chi connectivity index (χ1n) is 6.66. The van der Waals surface area contributed by atoms with Crippen LogP contribution < -0.4 is 10.6 Å². The van der Waals surface area contributed by atoms with E-state index >= 15 is 0 Å². The number of allylic oxidation sites excluding steroid dienone is 1. The van der Waals surface area contributed by atoms with E-state index in [1.807, 2.05) is 0 Å². The van der Waals surface area contributed by atoms with Gasteiger partial charge in [-0.3, -0.25) is 0 Å². The van der Waals surface area contributed by atoms with Crippen molar-refractivity contribution in [3.05, 3.63) is 35.4 Å². The molecule has 6 nitrogen and oxygen atoms in total. The molecule has 0 spiro atoms. The SMILES string of the molecule is CC1=C(C(=O)OC2CCC2)C(c2ccoc2)NC(=O)N1. The summed E-state index contributed by atoms with van der Waals surface area (Å²) in [5.41, 5.74) is 1.67. The summed E-state index contributed by atoms with van der Waals surface area (Å²) in [6.07, 6.45) is 5.94. The van der Waals surface area contributed by atoms with Crippen LogP contribution in [0.4, 0.5) is 4.79 Å². The van der Waals surface area contributed by atoms with Crippen LogP contribution in [0.3, 0.4) is 0 Å². The third-order valence-corrected chi connectivity index (χ3v) is 3.69. The number of carbonyl (C=O) groups is 2. The van der Waals surface area contributed by atoms with Crippen LogP contribution >= 0.6 is 0 Å². The molecule has 1 unspecified atom stereocenters. The number of hydrogen-bond acceptors (Lipinski definition) is 4. The number of esters is 1. The lowest BCUT2D eigenvalue weighted by Crippen LogP contribution is -2.45. The molecule has 1 atom stereocenters. The van der Waals surface area contributed by atoms with Crippen molar-refractivity contribution in [3.8, 4) is 0 Å². The topological polar surface area (TPSA) is 80.6 Å². The molecule has 1 aliphatic heterocycles. The lowest BCUT2D eigenvalue weighted by atomic mass is 9.95. The van der Waals surface area contributed by atoms with Gasteiger partial charge in [-0.1, -0.05) is 0 Å². The smallest absolute Gasteiger partial charge is 0.338 e. The average Bonchev–Trinajstić information content (AvgIpc) is 2.86. The minimum absolute atomic E-state index is 0.00503. The Hall–Kier alpha value is -2.24. The number of amides is 2. The summed E-state index contributed by atoms with van der Waals surface area (Å²) in [6.45, 7) is 1.70. The fraction of sp³-hybridized carbons (Fsp3) is 0.429. The summed E-state index contributed by atoms with van der Waals surface area (Å²) in [4.78, 5) is 23.9. The molecule has 0 aromatic carbocycles. The lowest BCUT2D eigenvalue weighted by molar-refractivity contribution is -0.148. The minimum Gasteiger partial charge on any atom is -0.472 e. The van der Waals surface area contributed by atoms with Gasteiger partial charge in [-0.05, 0) is 32.3 Å². The number of hydrogen-bond donors (Lipinski definition) is 2. The van der Waals surface area contributed by atoms with Gasteiger partial charge in [-0.25, -0.2) is 9.59 Å². The van der Waals surface area contributed by atoms with Crippen molar-refractivity contribution in [2.45, 2.75) is 38.3 Å². The number of carbonyl (C=O) groups excluding carboxylic acids is 2. The van der Waals surface area contributed by atoms with Gasteiger partial charge in [0.2, 0.25) is 0 Å². The van der Waals surface area contributed by atoms with Gasteiger partial charge in [0.1, 0.15) is 6.10 Å². The highest BCUT2D eigenvalue weighted by Crippen LogP contribution is 2.30. The van der Waals surface area contributed by atoms with Crippen molar-refractivity contribution >= 4 is 12.0 Å². The van der Waals surface area contributed by atoms with Crippen LogP contribution in [0.5, 0.6) is 0 Å². The van der Waals surface area contributed by atoms with Crippen LogP contribution in [0.15, 0.2) is 34.3 Å². The molecule has 2 N–H and O–H groups in total. The summed E-state index contributed by atoms with van der Waals surface area (Å²) in [5.74, 6) is -0.383. The van der Waals surface area contributed by atoms with E-state index in [4.69, 9.17) is 9.15 Å². The van der Waals surface area contributed by atoms with E-state index < -0.39 is 6.04 Å². The first kappa shape index (κ1) is 12.8. The van der Waals surface area contributed by atoms with Crippen molar-refractivity contribution in [2.75, 3.05) is 0 Å². The van der Waals surface area contributed by atoms with Gasteiger partial charge in [0.25, 0.3) is 0 Å². The molecule has 20 heavy (non-hydrogen) atoms. The lowest BCUT2D eigenvalue weighted by Gasteiger charge is -2.30. The van der Waals surface area contributed by atoms with Gasteiger partial charge in [0, 0.05) is 11.3 Å². The van der Waals surface area contributed by atoms with Crippen molar-refractivity contribution in [1.29, 1.82) is 0 Å². The van der Waals surface area contributed by atoms with E-state index in [2.05, 4.69) is 10.6 Å². The summed E-state index contributed by atoms with van der Waals surface area (Å²) >= 11 is 0. The fourth-order valence-electron chi connectivity index (χ4n) is 2.36. The molecule has 1 fully saturated rings. The van der Waals surface area contributed by atoms with E-state index in [9.17, 15) is 9.59 Å². The monoisotopic (exact) mass is 276 g/mol.